The third-order valence-electron chi connectivity index (χ3n) is 12.4. The van der Waals surface area contributed by atoms with Crippen LogP contribution in [-0.2, 0) is 38.8 Å². The molecular formula is C49H73N3O4. The van der Waals surface area contributed by atoms with Crippen LogP contribution in [0.25, 0.3) is 10.4 Å². The number of benzene rings is 3. The summed E-state index contributed by atoms with van der Waals surface area (Å²) in [5, 5.41) is 4.40. The molecule has 3 aromatic rings. The van der Waals surface area contributed by atoms with Crippen LogP contribution in [0.3, 0.4) is 0 Å². The summed E-state index contributed by atoms with van der Waals surface area (Å²) >= 11 is 0. The molecule has 1 aliphatic carbocycles. The number of unbranched alkanes of at least 4 members (excludes halogenated alkanes) is 11. The van der Waals surface area contributed by atoms with Gasteiger partial charge in [0.15, 0.2) is 0 Å². The van der Waals surface area contributed by atoms with Gasteiger partial charge >= 0.3 is 0 Å². The molecule has 4 rings (SSSR count). The molecule has 308 valence electrons. The molecule has 3 unspecified atom stereocenters. The van der Waals surface area contributed by atoms with Crippen LogP contribution < -0.4 is 0 Å². The quantitative estimate of drug-likeness (QED) is 0.0319. The van der Waals surface area contributed by atoms with Crippen molar-refractivity contribution in [3.05, 3.63) is 118 Å². The second-order valence-corrected chi connectivity index (χ2v) is 16.5. The van der Waals surface area contributed by atoms with Gasteiger partial charge in [-0.3, -0.25) is 0 Å². The number of azide groups is 1. The van der Waals surface area contributed by atoms with Crippen LogP contribution >= 0.6 is 0 Å². The first-order valence-corrected chi connectivity index (χ1v) is 22.0. The van der Waals surface area contributed by atoms with E-state index in [9.17, 15) is 5.53 Å². The first kappa shape index (κ1) is 45.5. The minimum Gasteiger partial charge on any atom is -0.377 e. The fourth-order valence-corrected chi connectivity index (χ4v) is 8.60. The monoisotopic (exact) mass is 768 g/mol. The van der Waals surface area contributed by atoms with Gasteiger partial charge in [0.2, 0.25) is 0 Å². The van der Waals surface area contributed by atoms with Gasteiger partial charge in [-0.2, -0.15) is 0 Å². The zero-order valence-electron chi connectivity index (χ0n) is 35.4. The molecule has 7 nitrogen and oxygen atoms in total. The zero-order valence-corrected chi connectivity index (χ0v) is 35.4. The minimum atomic E-state index is -0.570. The first-order valence-electron chi connectivity index (χ1n) is 22.0. The highest BCUT2D eigenvalue weighted by Gasteiger charge is 2.45. The summed E-state index contributed by atoms with van der Waals surface area (Å²) in [6, 6.07) is 30.4. The highest BCUT2D eigenvalue weighted by molar-refractivity contribution is 5.15. The minimum absolute atomic E-state index is 0.0437. The van der Waals surface area contributed by atoms with E-state index < -0.39 is 12.1 Å². The van der Waals surface area contributed by atoms with Crippen LogP contribution in [0.1, 0.15) is 135 Å². The van der Waals surface area contributed by atoms with Crippen LogP contribution in [-0.4, -0.2) is 37.1 Å². The van der Waals surface area contributed by atoms with Gasteiger partial charge in [-0.25, -0.2) is 0 Å². The Morgan fingerprint density at radius 1 is 0.536 bits per heavy atom. The molecule has 0 saturated heterocycles. The summed E-state index contributed by atoms with van der Waals surface area (Å²) in [6.45, 7) is 13.1. The molecule has 1 aliphatic rings. The molecule has 0 aliphatic heterocycles. The summed E-state index contributed by atoms with van der Waals surface area (Å²) in [5.41, 5.74) is 13.3. The van der Waals surface area contributed by atoms with Crippen LogP contribution in [0.5, 0.6) is 0 Å². The Balaban J connectivity index is 1.46. The van der Waals surface area contributed by atoms with Crippen molar-refractivity contribution in [3.63, 3.8) is 0 Å². The summed E-state index contributed by atoms with van der Waals surface area (Å²) in [5.74, 6) is 1.23. The third-order valence-corrected chi connectivity index (χ3v) is 12.4. The lowest BCUT2D eigenvalue weighted by Gasteiger charge is -2.48. The van der Waals surface area contributed by atoms with Gasteiger partial charge in [0.1, 0.15) is 0 Å². The Hall–Kier alpha value is -3.19. The number of hydrogen-bond donors (Lipinski definition) is 0. The molecule has 7 heteroatoms. The van der Waals surface area contributed by atoms with Crippen molar-refractivity contribution >= 4 is 0 Å². The normalized spacial score (nSPS) is 22.6. The SMILES string of the molecule is CCCCCCCCCCCCCC[C@@H](OCc1ccccc1)[C@@H](OCc1ccccc1)[C@H](CO[C@H]1C(C)C(OCc2ccccc2)[C@H](C)[C@H](C)C1C)N=[N+]=[N-]. The average Bonchev–Trinajstić information content (AvgIpc) is 3.23. The van der Waals surface area contributed by atoms with Crippen LogP contribution in [0.15, 0.2) is 96.1 Å². The molecule has 0 bridgehead atoms. The topological polar surface area (TPSA) is 85.7 Å². The van der Waals surface area contributed by atoms with Crippen molar-refractivity contribution < 1.29 is 18.9 Å². The molecule has 0 radical (unpaired) electrons. The zero-order chi connectivity index (χ0) is 39.8. The maximum atomic E-state index is 9.97. The number of ether oxygens (including phenoxy) is 4. The van der Waals surface area contributed by atoms with Crippen molar-refractivity contribution in [1.82, 2.24) is 0 Å². The third kappa shape index (κ3) is 15.6. The van der Waals surface area contributed by atoms with E-state index in [4.69, 9.17) is 18.9 Å². The van der Waals surface area contributed by atoms with Crippen molar-refractivity contribution in [2.75, 3.05) is 6.61 Å². The molecule has 0 aromatic heterocycles. The van der Waals surface area contributed by atoms with Gasteiger partial charge in [-0.1, -0.05) is 208 Å². The van der Waals surface area contributed by atoms with E-state index in [0.717, 1.165) is 30.4 Å². The highest BCUT2D eigenvalue weighted by Crippen LogP contribution is 2.42. The van der Waals surface area contributed by atoms with E-state index >= 15 is 0 Å². The van der Waals surface area contributed by atoms with Crippen LogP contribution in [0, 0.1) is 23.7 Å². The van der Waals surface area contributed by atoms with Gasteiger partial charge in [0.05, 0.1) is 56.9 Å². The molecule has 3 aromatic carbocycles. The average molecular weight is 768 g/mol. The summed E-state index contributed by atoms with van der Waals surface area (Å²) in [4.78, 5) is 3.37. The van der Waals surface area contributed by atoms with E-state index in [0.29, 0.717) is 37.6 Å². The predicted molar refractivity (Wildman–Crippen MR) is 230 cm³/mol. The van der Waals surface area contributed by atoms with Crippen LogP contribution in [0.4, 0.5) is 0 Å². The van der Waals surface area contributed by atoms with Gasteiger partial charge < -0.3 is 18.9 Å². The van der Waals surface area contributed by atoms with Crippen molar-refractivity contribution in [2.24, 2.45) is 28.8 Å². The highest BCUT2D eigenvalue weighted by atomic mass is 16.5. The van der Waals surface area contributed by atoms with Gasteiger partial charge in [-0.05, 0) is 46.4 Å². The number of rotatable bonds is 28. The Kier molecular flexibility index (Phi) is 21.7. The van der Waals surface area contributed by atoms with Crippen molar-refractivity contribution in [3.8, 4) is 0 Å². The maximum absolute atomic E-state index is 9.97. The summed E-state index contributed by atoms with van der Waals surface area (Å²) in [6.07, 6.45) is 15.5. The van der Waals surface area contributed by atoms with Gasteiger partial charge in [-0.15, -0.1) is 0 Å². The predicted octanol–water partition coefficient (Wildman–Crippen LogP) is 13.5. The molecule has 0 heterocycles. The largest absolute Gasteiger partial charge is 0.377 e. The molecule has 0 spiro atoms. The molecule has 1 fully saturated rings. The Morgan fingerprint density at radius 2 is 0.982 bits per heavy atom. The fourth-order valence-electron chi connectivity index (χ4n) is 8.60. The molecule has 1 saturated carbocycles. The van der Waals surface area contributed by atoms with E-state index in [1.165, 1.54) is 69.8 Å². The molecule has 9 atom stereocenters. The van der Waals surface area contributed by atoms with Gasteiger partial charge in [0.25, 0.3) is 0 Å². The van der Waals surface area contributed by atoms with E-state index in [-0.39, 0.29) is 30.8 Å². The number of nitrogens with zero attached hydrogens (tertiary/aromatic N) is 3. The Morgan fingerprint density at radius 3 is 1.48 bits per heavy atom. The smallest absolute Gasteiger partial charge is 0.0948 e. The van der Waals surface area contributed by atoms with Crippen LogP contribution in [0.2, 0.25) is 0 Å². The maximum Gasteiger partial charge on any atom is 0.0948 e. The van der Waals surface area contributed by atoms with E-state index in [1.54, 1.807) is 0 Å². The summed E-state index contributed by atoms with van der Waals surface area (Å²) in [7, 11) is 0. The summed E-state index contributed by atoms with van der Waals surface area (Å²) < 4.78 is 27.1. The molecule has 0 N–H and O–H groups in total. The lowest BCUT2D eigenvalue weighted by Crippen LogP contribution is -2.52. The second-order valence-electron chi connectivity index (χ2n) is 16.5. The van der Waals surface area contributed by atoms with Crippen molar-refractivity contribution in [2.45, 2.75) is 168 Å². The molecule has 0 amide bonds. The van der Waals surface area contributed by atoms with Crippen molar-refractivity contribution in [1.29, 1.82) is 0 Å². The first-order chi connectivity index (χ1) is 27.4. The Labute approximate surface area is 339 Å². The van der Waals surface area contributed by atoms with Gasteiger partial charge in [0, 0.05) is 10.8 Å². The lowest BCUT2D eigenvalue weighted by atomic mass is 9.66. The number of hydrogen-bond acceptors (Lipinski definition) is 5. The fraction of sp³-hybridized carbons (Fsp3) is 0.633. The lowest BCUT2D eigenvalue weighted by molar-refractivity contribution is -0.164. The second kappa shape index (κ2) is 26.7. The molecular weight excluding hydrogens is 695 g/mol. The Bertz CT molecular complexity index is 1470. The molecule has 56 heavy (non-hydrogen) atoms. The van der Waals surface area contributed by atoms with E-state index in [1.807, 2.05) is 42.5 Å². The van der Waals surface area contributed by atoms with E-state index in [2.05, 4.69) is 93.2 Å². The standard InChI is InChI=1S/C49H73N3O4/c1-6-7-8-9-10-11-12-13-14-15-16-26-33-46(53-34-42-27-20-17-21-28-42)49(55-36-44-31-24-19-25-32-44)45(51-52-50)37-56-48-40(4)38(2)39(3)47(41(48)5)54-35-43-29-22-18-23-30-43/h17-25,27-32,38-41,45-49H,6-16,26,33-37H2,1-5H3/t38-,39+,40?,41?,45-,46+,47?,48+,49-/m0/s1.